The summed E-state index contributed by atoms with van der Waals surface area (Å²) in [7, 11) is -6.22. The molecule has 0 unspecified atom stereocenters. The Labute approximate surface area is 169 Å². The Kier molecular flexibility index (Phi) is 6.28. The minimum Gasteiger partial charge on any atom is -0.495 e. The lowest BCUT2D eigenvalue weighted by molar-refractivity contribution is 0.415. The maximum absolute atomic E-state index is 13.0. The maximum atomic E-state index is 13.0. The summed E-state index contributed by atoms with van der Waals surface area (Å²) in [5.41, 5.74) is 0.0736. The second kappa shape index (κ2) is 8.36. The van der Waals surface area contributed by atoms with Crippen molar-refractivity contribution in [3.8, 4) is 5.75 Å². The molecule has 2 heterocycles. The molecule has 0 aliphatic carbocycles. The highest BCUT2D eigenvalue weighted by Gasteiger charge is 2.27. The SMILES string of the molecule is COc1ccc(S(=O)(=O)N2CCCCCC2)cc1NS(=O)(=O)c1cnc(C)s1. The summed E-state index contributed by atoms with van der Waals surface area (Å²) in [5, 5.41) is 0.616. The number of hydrogen-bond acceptors (Lipinski definition) is 7. The van der Waals surface area contributed by atoms with Crippen LogP contribution < -0.4 is 9.46 Å². The number of thiazole rings is 1. The number of nitrogens with zero attached hydrogens (tertiary/aromatic N) is 2. The molecular formula is C17H23N3O5S3. The molecule has 11 heteroatoms. The van der Waals surface area contributed by atoms with E-state index in [1.165, 1.54) is 35.8 Å². The Bertz CT molecular complexity index is 1040. The Balaban J connectivity index is 1.96. The van der Waals surface area contributed by atoms with E-state index in [2.05, 4.69) is 9.71 Å². The normalized spacial score (nSPS) is 16.5. The Morgan fingerprint density at radius 2 is 1.79 bits per heavy atom. The Morgan fingerprint density at radius 1 is 1.11 bits per heavy atom. The van der Waals surface area contributed by atoms with Crippen molar-refractivity contribution in [3.63, 3.8) is 0 Å². The van der Waals surface area contributed by atoms with Gasteiger partial charge < -0.3 is 4.74 Å². The van der Waals surface area contributed by atoms with E-state index in [0.29, 0.717) is 18.1 Å². The van der Waals surface area contributed by atoms with E-state index in [1.807, 2.05) is 0 Å². The molecule has 3 rings (SSSR count). The monoisotopic (exact) mass is 445 g/mol. The number of nitrogens with one attached hydrogen (secondary N) is 1. The first-order valence-corrected chi connectivity index (χ1v) is 12.6. The van der Waals surface area contributed by atoms with Crippen molar-refractivity contribution in [2.24, 2.45) is 0 Å². The van der Waals surface area contributed by atoms with Crippen LogP contribution in [-0.4, -0.2) is 46.3 Å². The summed E-state index contributed by atoms with van der Waals surface area (Å²) < 4.78 is 60.5. The molecule has 0 radical (unpaired) electrons. The zero-order valence-corrected chi connectivity index (χ0v) is 18.2. The van der Waals surface area contributed by atoms with Gasteiger partial charge in [-0.2, -0.15) is 4.31 Å². The van der Waals surface area contributed by atoms with Gasteiger partial charge in [0.05, 0.1) is 28.9 Å². The average Bonchev–Trinajstić information content (AvgIpc) is 2.92. The predicted molar refractivity (Wildman–Crippen MR) is 108 cm³/mol. The van der Waals surface area contributed by atoms with Gasteiger partial charge in [0.2, 0.25) is 10.0 Å². The number of rotatable bonds is 6. The fourth-order valence-corrected chi connectivity index (χ4v) is 6.73. The van der Waals surface area contributed by atoms with Crippen molar-refractivity contribution < 1.29 is 21.6 Å². The highest BCUT2D eigenvalue weighted by atomic mass is 32.2. The number of sulfonamides is 2. The van der Waals surface area contributed by atoms with E-state index in [1.54, 1.807) is 6.92 Å². The number of aromatic nitrogens is 1. The number of aryl methyl sites for hydroxylation is 1. The molecule has 8 nitrogen and oxygen atoms in total. The summed E-state index contributed by atoms with van der Waals surface area (Å²) in [6, 6.07) is 4.21. The zero-order chi connectivity index (χ0) is 20.4. The van der Waals surface area contributed by atoms with Crippen LogP contribution in [0, 0.1) is 6.92 Å². The van der Waals surface area contributed by atoms with E-state index in [-0.39, 0.29) is 20.5 Å². The third kappa shape index (κ3) is 4.48. The minimum atomic E-state index is -3.90. The molecule has 1 fully saturated rings. The van der Waals surface area contributed by atoms with E-state index in [9.17, 15) is 16.8 Å². The van der Waals surface area contributed by atoms with Gasteiger partial charge in [-0.15, -0.1) is 11.3 Å². The first-order valence-electron chi connectivity index (χ1n) is 8.87. The molecule has 1 aromatic heterocycles. The fourth-order valence-electron chi connectivity index (χ4n) is 3.02. The van der Waals surface area contributed by atoms with E-state index >= 15 is 0 Å². The van der Waals surface area contributed by atoms with Crippen LogP contribution in [0.4, 0.5) is 5.69 Å². The summed E-state index contributed by atoms with van der Waals surface area (Å²) in [6.07, 6.45) is 4.92. The lowest BCUT2D eigenvalue weighted by Gasteiger charge is -2.21. The molecule has 1 aliphatic rings. The van der Waals surface area contributed by atoms with Crippen LogP contribution >= 0.6 is 11.3 Å². The largest absolute Gasteiger partial charge is 0.495 e. The standard InChI is InChI=1S/C17H23N3O5S3/c1-13-18-12-17(26-13)27(21,22)19-15-11-14(7-8-16(15)25-2)28(23,24)20-9-5-3-4-6-10-20/h7-8,11-12,19H,3-6,9-10H2,1-2H3. The van der Waals surface area contributed by atoms with Crippen LogP contribution in [0.25, 0.3) is 0 Å². The van der Waals surface area contributed by atoms with Crippen molar-refractivity contribution in [3.05, 3.63) is 29.4 Å². The van der Waals surface area contributed by atoms with Crippen LogP contribution in [0.1, 0.15) is 30.7 Å². The molecule has 2 aromatic rings. The first kappa shape index (κ1) is 21.0. The lowest BCUT2D eigenvalue weighted by atomic mass is 10.2. The van der Waals surface area contributed by atoms with Crippen molar-refractivity contribution in [2.75, 3.05) is 24.9 Å². The van der Waals surface area contributed by atoms with E-state index in [0.717, 1.165) is 37.0 Å². The van der Waals surface area contributed by atoms with Crippen molar-refractivity contribution in [2.45, 2.75) is 41.7 Å². The molecule has 0 bridgehead atoms. The molecule has 0 amide bonds. The predicted octanol–water partition coefficient (Wildman–Crippen LogP) is 2.83. The number of ether oxygens (including phenoxy) is 1. The second-order valence-electron chi connectivity index (χ2n) is 6.48. The van der Waals surface area contributed by atoms with Crippen molar-refractivity contribution in [1.82, 2.24) is 9.29 Å². The van der Waals surface area contributed by atoms with Crippen LogP contribution in [-0.2, 0) is 20.0 Å². The third-order valence-corrected chi connectivity index (χ3v) is 9.12. The topological polar surface area (TPSA) is 106 Å². The molecule has 28 heavy (non-hydrogen) atoms. The molecule has 0 atom stereocenters. The second-order valence-corrected chi connectivity index (χ2v) is 11.6. The maximum Gasteiger partial charge on any atom is 0.273 e. The highest BCUT2D eigenvalue weighted by Crippen LogP contribution is 2.32. The third-order valence-electron chi connectivity index (χ3n) is 4.48. The number of hydrogen-bond donors (Lipinski definition) is 1. The zero-order valence-electron chi connectivity index (χ0n) is 15.7. The molecular weight excluding hydrogens is 422 g/mol. The molecule has 1 aromatic carbocycles. The van der Waals surface area contributed by atoms with Crippen LogP contribution in [0.2, 0.25) is 0 Å². The van der Waals surface area contributed by atoms with Gasteiger partial charge in [0.25, 0.3) is 10.0 Å². The molecule has 1 aliphatic heterocycles. The van der Waals surface area contributed by atoms with Gasteiger partial charge in [-0.25, -0.2) is 21.8 Å². The summed E-state index contributed by atoms with van der Waals surface area (Å²) in [4.78, 5) is 4.00. The van der Waals surface area contributed by atoms with Crippen LogP contribution in [0.15, 0.2) is 33.5 Å². The van der Waals surface area contributed by atoms with E-state index in [4.69, 9.17) is 4.74 Å². The molecule has 1 N–H and O–H groups in total. The number of anilines is 1. The first-order chi connectivity index (χ1) is 13.2. The van der Waals surface area contributed by atoms with Crippen LogP contribution in [0.5, 0.6) is 5.75 Å². The van der Waals surface area contributed by atoms with Crippen molar-refractivity contribution in [1.29, 1.82) is 0 Å². The summed E-state index contributed by atoms with van der Waals surface area (Å²) >= 11 is 1.03. The van der Waals surface area contributed by atoms with Crippen LogP contribution in [0.3, 0.4) is 0 Å². The molecule has 0 spiro atoms. The smallest absolute Gasteiger partial charge is 0.273 e. The Hall–Kier alpha value is -1.69. The quantitative estimate of drug-likeness (QED) is 0.733. The number of benzene rings is 1. The van der Waals surface area contributed by atoms with Gasteiger partial charge in [-0.1, -0.05) is 12.8 Å². The van der Waals surface area contributed by atoms with Gasteiger partial charge in [-0.3, -0.25) is 4.72 Å². The van der Waals surface area contributed by atoms with E-state index < -0.39 is 20.0 Å². The number of methoxy groups -OCH3 is 1. The van der Waals surface area contributed by atoms with Gasteiger partial charge in [0, 0.05) is 13.1 Å². The molecule has 1 saturated heterocycles. The summed E-state index contributed by atoms with van der Waals surface area (Å²) in [5.74, 6) is 0.236. The van der Waals surface area contributed by atoms with Crippen molar-refractivity contribution >= 4 is 37.1 Å². The molecule has 0 saturated carbocycles. The molecule has 154 valence electrons. The van der Waals surface area contributed by atoms with Gasteiger partial charge >= 0.3 is 0 Å². The Morgan fingerprint density at radius 3 is 2.36 bits per heavy atom. The lowest BCUT2D eigenvalue weighted by Crippen LogP contribution is -2.32. The average molecular weight is 446 g/mol. The summed E-state index contributed by atoms with van der Waals surface area (Å²) in [6.45, 7) is 2.64. The van der Waals surface area contributed by atoms with Gasteiger partial charge in [-0.05, 0) is 38.0 Å². The van der Waals surface area contributed by atoms with Gasteiger partial charge in [0.1, 0.15) is 5.75 Å². The highest BCUT2D eigenvalue weighted by molar-refractivity contribution is 7.94. The fraction of sp³-hybridized carbons (Fsp3) is 0.471. The minimum absolute atomic E-state index is 0.0355. The van der Waals surface area contributed by atoms with Gasteiger partial charge in [0.15, 0.2) is 4.21 Å².